The van der Waals surface area contributed by atoms with E-state index < -0.39 is 5.97 Å². The normalized spacial score (nSPS) is 44.6. The summed E-state index contributed by atoms with van der Waals surface area (Å²) in [6.07, 6.45) is 8.96. The number of hydrogen-bond acceptors (Lipinski definition) is 4. The van der Waals surface area contributed by atoms with Crippen molar-refractivity contribution in [2.45, 2.75) is 70.7 Å². The number of nitrogens with one attached hydrogen (secondary N) is 2. The van der Waals surface area contributed by atoms with E-state index in [1.54, 1.807) is 0 Å². The number of carboxylic acid groups (broad SMARTS) is 1. The molecule has 0 amide bonds. The summed E-state index contributed by atoms with van der Waals surface area (Å²) in [5.74, 6) is 0.990. The highest BCUT2D eigenvalue weighted by Crippen LogP contribution is 2.35. The van der Waals surface area contributed by atoms with Crippen LogP contribution >= 0.6 is 0 Å². The third-order valence-corrected chi connectivity index (χ3v) is 5.69. The van der Waals surface area contributed by atoms with Gasteiger partial charge in [0.1, 0.15) is 6.23 Å². The summed E-state index contributed by atoms with van der Waals surface area (Å²) in [6, 6.07) is 0. The van der Waals surface area contributed by atoms with Crippen LogP contribution in [0, 0.1) is 23.7 Å². The predicted molar refractivity (Wildman–Crippen MR) is 79.1 cm³/mol. The smallest absolute Gasteiger partial charge is 0.306 e. The summed E-state index contributed by atoms with van der Waals surface area (Å²) in [5, 5.41) is 12.8. The molecule has 1 aliphatic heterocycles. The molecule has 3 N–H and O–H groups in total. The maximum atomic E-state index is 11.2. The van der Waals surface area contributed by atoms with Gasteiger partial charge < -0.3 is 5.11 Å². The van der Waals surface area contributed by atoms with Gasteiger partial charge in [-0.05, 0) is 43.9 Å². The van der Waals surface area contributed by atoms with Gasteiger partial charge >= 0.3 is 5.97 Å². The van der Waals surface area contributed by atoms with Gasteiger partial charge in [-0.15, -0.1) is 0 Å². The van der Waals surface area contributed by atoms with E-state index in [-0.39, 0.29) is 18.3 Å². The van der Waals surface area contributed by atoms with Crippen LogP contribution in [0.5, 0.6) is 0 Å². The van der Waals surface area contributed by atoms with Gasteiger partial charge in [-0.25, -0.2) is 0 Å². The molecule has 3 fully saturated rings. The Morgan fingerprint density at radius 2 is 1.86 bits per heavy atom. The number of hydrogen-bond donors (Lipinski definition) is 3. The fourth-order valence-corrected chi connectivity index (χ4v) is 4.20. The largest absolute Gasteiger partial charge is 0.481 e. The average molecular weight is 296 g/mol. The monoisotopic (exact) mass is 296 g/mol. The van der Waals surface area contributed by atoms with Crippen molar-refractivity contribution in [1.82, 2.24) is 10.8 Å². The quantitative estimate of drug-likeness (QED) is 0.746. The van der Waals surface area contributed by atoms with Gasteiger partial charge in [0, 0.05) is 5.92 Å². The molecule has 0 bridgehead atoms. The van der Waals surface area contributed by atoms with Crippen molar-refractivity contribution in [3.8, 4) is 0 Å². The van der Waals surface area contributed by atoms with Crippen LogP contribution in [-0.4, -0.2) is 23.5 Å². The Balaban J connectivity index is 1.51. The van der Waals surface area contributed by atoms with E-state index >= 15 is 0 Å². The van der Waals surface area contributed by atoms with E-state index in [2.05, 4.69) is 17.7 Å². The first-order valence-corrected chi connectivity index (χ1v) is 8.53. The lowest BCUT2D eigenvalue weighted by atomic mass is 9.79. The zero-order valence-electron chi connectivity index (χ0n) is 12.9. The molecule has 4 atom stereocenters. The van der Waals surface area contributed by atoms with Gasteiger partial charge in [0.2, 0.25) is 0 Å². The average Bonchev–Trinajstić information content (AvgIpc) is 2.98. The summed E-state index contributed by atoms with van der Waals surface area (Å²) in [6.45, 7) is 2.33. The molecule has 0 radical (unpaired) electrons. The topological polar surface area (TPSA) is 70.6 Å². The standard InChI is InChI=1S/C16H28N2O3/c1-10-5-7-11(8-6-10)15-17-14(18-21-15)12-3-2-4-13(9-12)16(19)20/h10-15,17-18H,2-9H2,1H3,(H,19,20). The minimum Gasteiger partial charge on any atom is -0.481 e. The van der Waals surface area contributed by atoms with Crippen molar-refractivity contribution in [3.63, 3.8) is 0 Å². The second-order valence-electron chi connectivity index (χ2n) is 7.28. The Morgan fingerprint density at radius 3 is 2.57 bits per heavy atom. The van der Waals surface area contributed by atoms with Gasteiger partial charge in [-0.1, -0.05) is 26.2 Å². The van der Waals surface area contributed by atoms with Gasteiger partial charge in [0.25, 0.3) is 0 Å². The molecular weight excluding hydrogens is 268 g/mol. The van der Waals surface area contributed by atoms with E-state index in [0.29, 0.717) is 11.8 Å². The van der Waals surface area contributed by atoms with Crippen molar-refractivity contribution in [3.05, 3.63) is 0 Å². The van der Waals surface area contributed by atoms with Crippen molar-refractivity contribution >= 4 is 5.97 Å². The number of rotatable bonds is 3. The molecule has 3 rings (SSSR count). The van der Waals surface area contributed by atoms with E-state index in [0.717, 1.165) is 31.6 Å². The Labute approximate surface area is 126 Å². The van der Waals surface area contributed by atoms with Gasteiger partial charge in [0.05, 0.1) is 12.1 Å². The number of hydroxylamine groups is 1. The van der Waals surface area contributed by atoms with Crippen LogP contribution in [0.2, 0.25) is 0 Å². The van der Waals surface area contributed by atoms with Crippen molar-refractivity contribution in [2.24, 2.45) is 23.7 Å². The second kappa shape index (κ2) is 6.63. The first-order chi connectivity index (χ1) is 10.1. The Hall–Kier alpha value is -0.650. The Kier molecular flexibility index (Phi) is 4.82. The van der Waals surface area contributed by atoms with E-state index in [9.17, 15) is 9.90 Å². The SMILES string of the molecule is CC1CCC(C2NC(C3CCCC(C(=O)O)C3)NO2)CC1. The maximum Gasteiger partial charge on any atom is 0.306 e. The third-order valence-electron chi connectivity index (χ3n) is 5.69. The van der Waals surface area contributed by atoms with E-state index in [1.807, 2.05) is 0 Å². The highest BCUT2D eigenvalue weighted by atomic mass is 16.7. The van der Waals surface area contributed by atoms with Gasteiger partial charge in [0.15, 0.2) is 0 Å². The van der Waals surface area contributed by atoms with Crippen molar-refractivity contribution < 1.29 is 14.7 Å². The second-order valence-corrected chi connectivity index (χ2v) is 7.28. The Morgan fingerprint density at radius 1 is 1.10 bits per heavy atom. The first kappa shape index (κ1) is 15.3. The molecule has 0 spiro atoms. The van der Waals surface area contributed by atoms with Crippen molar-refractivity contribution in [1.29, 1.82) is 0 Å². The molecule has 120 valence electrons. The van der Waals surface area contributed by atoms with E-state index in [1.165, 1.54) is 25.7 Å². The predicted octanol–water partition coefficient (Wildman–Crippen LogP) is 2.48. The van der Waals surface area contributed by atoms with Crippen molar-refractivity contribution in [2.75, 3.05) is 0 Å². The van der Waals surface area contributed by atoms with Crippen LogP contribution in [0.15, 0.2) is 0 Å². The summed E-state index contributed by atoms with van der Waals surface area (Å²) < 4.78 is 0. The van der Waals surface area contributed by atoms with Crippen LogP contribution in [0.4, 0.5) is 0 Å². The van der Waals surface area contributed by atoms with Gasteiger partial charge in [-0.3, -0.25) is 14.9 Å². The van der Waals surface area contributed by atoms with Crippen LogP contribution in [0.25, 0.3) is 0 Å². The van der Waals surface area contributed by atoms with Crippen LogP contribution < -0.4 is 10.8 Å². The molecule has 0 aromatic rings. The van der Waals surface area contributed by atoms with Crippen LogP contribution in [-0.2, 0) is 9.63 Å². The molecule has 0 aromatic heterocycles. The molecule has 21 heavy (non-hydrogen) atoms. The molecular formula is C16H28N2O3. The third kappa shape index (κ3) is 3.58. The molecule has 1 saturated heterocycles. The highest BCUT2D eigenvalue weighted by molar-refractivity contribution is 5.70. The fraction of sp³-hybridized carbons (Fsp3) is 0.938. The van der Waals surface area contributed by atoms with Crippen LogP contribution in [0.1, 0.15) is 58.3 Å². The summed E-state index contributed by atoms with van der Waals surface area (Å²) in [7, 11) is 0. The number of carboxylic acids is 1. The lowest BCUT2D eigenvalue weighted by molar-refractivity contribution is -0.143. The molecule has 0 aromatic carbocycles. The lowest BCUT2D eigenvalue weighted by Gasteiger charge is -2.32. The summed E-state index contributed by atoms with van der Waals surface area (Å²) in [5.41, 5.74) is 3.14. The zero-order chi connectivity index (χ0) is 14.8. The summed E-state index contributed by atoms with van der Waals surface area (Å²) in [4.78, 5) is 17.0. The molecule has 5 nitrogen and oxygen atoms in total. The molecule has 3 aliphatic rings. The van der Waals surface area contributed by atoms with Crippen LogP contribution in [0.3, 0.4) is 0 Å². The van der Waals surface area contributed by atoms with E-state index in [4.69, 9.17) is 4.84 Å². The molecule has 5 heteroatoms. The maximum absolute atomic E-state index is 11.2. The Bertz CT molecular complexity index is 369. The first-order valence-electron chi connectivity index (χ1n) is 8.53. The fourth-order valence-electron chi connectivity index (χ4n) is 4.20. The lowest BCUT2D eigenvalue weighted by Crippen LogP contribution is -2.44. The molecule has 2 saturated carbocycles. The highest BCUT2D eigenvalue weighted by Gasteiger charge is 2.39. The summed E-state index contributed by atoms with van der Waals surface area (Å²) >= 11 is 0. The van der Waals surface area contributed by atoms with Gasteiger partial charge in [-0.2, -0.15) is 5.48 Å². The number of aliphatic carboxylic acids is 1. The number of carbonyl (C=O) groups is 1. The molecule has 1 heterocycles. The minimum atomic E-state index is -0.642. The zero-order valence-corrected chi connectivity index (χ0v) is 12.9. The minimum absolute atomic E-state index is 0.104. The molecule has 2 aliphatic carbocycles. The molecule has 4 unspecified atom stereocenters.